The van der Waals surface area contributed by atoms with E-state index in [0.29, 0.717) is 0 Å². The van der Waals surface area contributed by atoms with Crippen molar-refractivity contribution in [1.82, 2.24) is 15.5 Å². The highest BCUT2D eigenvalue weighted by Crippen LogP contribution is 2.17. The van der Waals surface area contributed by atoms with Gasteiger partial charge in [-0.2, -0.15) is 0 Å². The minimum absolute atomic E-state index is 0. The molecule has 0 saturated carbocycles. The smallest absolute Gasteiger partial charge is 0.220 e. The van der Waals surface area contributed by atoms with E-state index in [1.165, 1.54) is 9.75 Å². The SMILES string of the molecule is CCc1ccc(CNC(=NC)NCCCCN2CCC(C(N)=O)CC2)s1.I. The maximum atomic E-state index is 11.2. The lowest BCUT2D eigenvalue weighted by molar-refractivity contribution is -0.123. The summed E-state index contributed by atoms with van der Waals surface area (Å²) < 4.78 is 0. The number of primary amides is 1. The first kappa shape index (κ1) is 24.2. The number of carbonyl (C=O) groups excluding carboxylic acids is 1. The van der Waals surface area contributed by atoms with Crippen molar-refractivity contribution in [1.29, 1.82) is 0 Å². The number of halogens is 1. The Labute approximate surface area is 184 Å². The number of hydrogen-bond donors (Lipinski definition) is 3. The predicted octanol–water partition coefficient (Wildman–Crippen LogP) is 2.57. The topological polar surface area (TPSA) is 82.8 Å². The number of nitrogens with one attached hydrogen (secondary N) is 2. The quantitative estimate of drug-likeness (QED) is 0.208. The molecule has 0 unspecified atom stereocenters. The van der Waals surface area contributed by atoms with Gasteiger partial charge in [-0.1, -0.05) is 6.92 Å². The summed E-state index contributed by atoms with van der Waals surface area (Å²) in [6.07, 6.45) is 5.17. The molecule has 0 atom stereocenters. The van der Waals surface area contributed by atoms with Crippen molar-refractivity contribution in [3.8, 4) is 0 Å². The van der Waals surface area contributed by atoms with E-state index in [1.54, 1.807) is 0 Å². The molecule has 4 N–H and O–H groups in total. The molecular formula is C19H34IN5OS. The van der Waals surface area contributed by atoms with Crippen molar-refractivity contribution < 1.29 is 4.79 Å². The fraction of sp³-hybridized carbons (Fsp3) is 0.684. The van der Waals surface area contributed by atoms with Gasteiger partial charge in [0.15, 0.2) is 5.96 Å². The van der Waals surface area contributed by atoms with E-state index in [-0.39, 0.29) is 35.8 Å². The lowest BCUT2D eigenvalue weighted by Crippen LogP contribution is -2.39. The zero-order chi connectivity index (χ0) is 18.8. The first-order valence-electron chi connectivity index (χ1n) is 9.66. The number of unbranched alkanes of at least 4 members (excludes halogenated alkanes) is 1. The van der Waals surface area contributed by atoms with Crippen LogP contribution in [0.2, 0.25) is 0 Å². The molecule has 6 nitrogen and oxygen atoms in total. The molecule has 0 bridgehead atoms. The van der Waals surface area contributed by atoms with Crippen LogP contribution >= 0.6 is 35.3 Å². The fourth-order valence-corrected chi connectivity index (χ4v) is 4.10. The van der Waals surface area contributed by atoms with E-state index < -0.39 is 0 Å². The highest BCUT2D eigenvalue weighted by atomic mass is 127. The molecule has 1 amide bonds. The van der Waals surface area contributed by atoms with Gasteiger partial charge in [-0.05, 0) is 63.9 Å². The van der Waals surface area contributed by atoms with E-state index in [1.807, 2.05) is 18.4 Å². The second-order valence-electron chi connectivity index (χ2n) is 6.80. The molecule has 154 valence electrons. The standard InChI is InChI=1S/C19H33N5OS.HI/c1-3-16-6-7-17(26-16)14-23-19(21-2)22-10-4-5-11-24-12-8-15(9-13-24)18(20)25;/h6-7,15H,3-5,8-14H2,1-2H3,(H2,20,25)(H2,21,22,23);1H. The van der Waals surface area contributed by atoms with Crippen molar-refractivity contribution in [2.75, 3.05) is 33.2 Å². The Morgan fingerprint density at radius 1 is 1.26 bits per heavy atom. The Morgan fingerprint density at radius 3 is 2.56 bits per heavy atom. The molecule has 1 aliphatic heterocycles. The maximum Gasteiger partial charge on any atom is 0.220 e. The molecule has 2 rings (SSSR count). The van der Waals surface area contributed by atoms with Crippen LogP contribution in [0.15, 0.2) is 17.1 Å². The summed E-state index contributed by atoms with van der Waals surface area (Å²) in [5.41, 5.74) is 5.38. The van der Waals surface area contributed by atoms with Crippen molar-refractivity contribution in [3.05, 3.63) is 21.9 Å². The van der Waals surface area contributed by atoms with Crippen LogP contribution in [0.5, 0.6) is 0 Å². The third kappa shape index (κ3) is 8.78. The molecular weight excluding hydrogens is 473 g/mol. The Hall–Kier alpha value is -0.870. The van der Waals surface area contributed by atoms with Crippen molar-refractivity contribution in [2.24, 2.45) is 16.6 Å². The fourth-order valence-electron chi connectivity index (χ4n) is 3.21. The molecule has 8 heteroatoms. The third-order valence-corrected chi connectivity index (χ3v) is 6.13. The molecule has 0 aromatic carbocycles. The average molecular weight is 507 g/mol. The molecule has 2 heterocycles. The van der Waals surface area contributed by atoms with E-state index in [0.717, 1.165) is 70.8 Å². The Morgan fingerprint density at radius 2 is 1.96 bits per heavy atom. The zero-order valence-corrected chi connectivity index (χ0v) is 19.6. The normalized spacial score (nSPS) is 16.0. The molecule has 1 saturated heterocycles. The number of rotatable bonds is 9. The summed E-state index contributed by atoms with van der Waals surface area (Å²) in [5, 5.41) is 6.76. The zero-order valence-electron chi connectivity index (χ0n) is 16.5. The minimum atomic E-state index is -0.138. The van der Waals surface area contributed by atoms with E-state index >= 15 is 0 Å². The molecule has 0 spiro atoms. The number of thiophene rings is 1. The van der Waals surface area contributed by atoms with Gasteiger partial charge in [-0.3, -0.25) is 9.79 Å². The lowest BCUT2D eigenvalue weighted by atomic mass is 9.96. The number of aryl methyl sites for hydroxylation is 1. The number of nitrogens with two attached hydrogens (primary N) is 1. The lowest BCUT2D eigenvalue weighted by Gasteiger charge is -2.30. The summed E-state index contributed by atoms with van der Waals surface area (Å²) in [6, 6.07) is 4.38. The number of hydrogen-bond acceptors (Lipinski definition) is 4. The van der Waals surface area contributed by atoms with Crippen LogP contribution in [-0.4, -0.2) is 50.0 Å². The van der Waals surface area contributed by atoms with Gasteiger partial charge in [0.1, 0.15) is 0 Å². The molecule has 1 aliphatic rings. The van der Waals surface area contributed by atoms with Gasteiger partial charge in [0.05, 0.1) is 6.54 Å². The maximum absolute atomic E-state index is 11.2. The van der Waals surface area contributed by atoms with Crippen LogP contribution in [0.1, 0.15) is 42.4 Å². The van der Waals surface area contributed by atoms with Crippen molar-refractivity contribution >= 4 is 47.2 Å². The van der Waals surface area contributed by atoms with Crippen molar-refractivity contribution in [2.45, 2.75) is 45.6 Å². The summed E-state index contributed by atoms with van der Waals surface area (Å²) in [7, 11) is 1.81. The highest BCUT2D eigenvalue weighted by Gasteiger charge is 2.22. The number of nitrogens with zero attached hydrogens (tertiary/aromatic N) is 2. The Balaban J connectivity index is 0.00000364. The first-order chi connectivity index (χ1) is 12.6. The second-order valence-corrected chi connectivity index (χ2v) is 8.05. The first-order valence-corrected chi connectivity index (χ1v) is 10.5. The van der Waals surface area contributed by atoms with Crippen molar-refractivity contribution in [3.63, 3.8) is 0 Å². The van der Waals surface area contributed by atoms with Crippen LogP contribution in [0.3, 0.4) is 0 Å². The Kier molecular flexibility index (Phi) is 11.9. The summed E-state index contributed by atoms with van der Waals surface area (Å²) in [4.78, 5) is 20.7. The van der Waals surface area contributed by atoms with Gasteiger partial charge in [-0.15, -0.1) is 35.3 Å². The molecule has 1 aromatic rings. The predicted molar refractivity (Wildman–Crippen MR) is 125 cm³/mol. The summed E-state index contributed by atoms with van der Waals surface area (Å²) in [6.45, 7) is 6.99. The van der Waals surface area contributed by atoms with Crippen LogP contribution in [0.25, 0.3) is 0 Å². The van der Waals surface area contributed by atoms with Crippen LogP contribution in [0.4, 0.5) is 0 Å². The minimum Gasteiger partial charge on any atom is -0.369 e. The second kappa shape index (κ2) is 13.3. The van der Waals surface area contributed by atoms with Crippen LogP contribution in [-0.2, 0) is 17.8 Å². The number of amides is 1. The van der Waals surface area contributed by atoms with Crippen LogP contribution in [0, 0.1) is 5.92 Å². The monoisotopic (exact) mass is 507 g/mol. The number of aliphatic imine (C=N–C) groups is 1. The summed E-state index contributed by atoms with van der Waals surface area (Å²) >= 11 is 1.86. The van der Waals surface area contributed by atoms with E-state index in [9.17, 15) is 4.79 Å². The number of carbonyl (C=O) groups is 1. The van der Waals surface area contributed by atoms with Gasteiger partial charge < -0.3 is 21.3 Å². The van der Waals surface area contributed by atoms with E-state index in [4.69, 9.17) is 5.73 Å². The van der Waals surface area contributed by atoms with Gasteiger partial charge in [0.25, 0.3) is 0 Å². The molecule has 0 radical (unpaired) electrons. The molecule has 1 fully saturated rings. The Bertz CT molecular complexity index is 584. The van der Waals surface area contributed by atoms with Gasteiger partial charge in [-0.25, -0.2) is 0 Å². The van der Waals surface area contributed by atoms with Gasteiger partial charge in [0.2, 0.25) is 5.91 Å². The number of guanidine groups is 1. The van der Waals surface area contributed by atoms with Gasteiger partial charge >= 0.3 is 0 Å². The van der Waals surface area contributed by atoms with Gasteiger partial charge in [0, 0.05) is 29.3 Å². The highest BCUT2D eigenvalue weighted by molar-refractivity contribution is 14.0. The van der Waals surface area contributed by atoms with Crippen LogP contribution < -0.4 is 16.4 Å². The number of piperidine rings is 1. The molecule has 0 aliphatic carbocycles. The third-order valence-electron chi connectivity index (χ3n) is 4.90. The average Bonchev–Trinajstić information content (AvgIpc) is 3.12. The van der Waals surface area contributed by atoms with E-state index in [2.05, 4.69) is 39.6 Å². The molecule has 1 aromatic heterocycles. The summed E-state index contributed by atoms with van der Waals surface area (Å²) in [5.74, 6) is 0.805. The number of likely N-dealkylation sites (tertiary alicyclic amines) is 1. The largest absolute Gasteiger partial charge is 0.369 e. The molecule has 27 heavy (non-hydrogen) atoms.